The Morgan fingerprint density at radius 1 is 1.05 bits per heavy atom. The molecule has 2 heterocycles. The lowest BCUT2D eigenvalue weighted by Crippen LogP contribution is -2.36. The van der Waals surface area contributed by atoms with Gasteiger partial charge in [0.15, 0.2) is 5.78 Å². The lowest BCUT2D eigenvalue weighted by molar-refractivity contribution is -0.142. The minimum atomic E-state index is -0.697. The lowest BCUT2D eigenvalue weighted by Gasteiger charge is -2.20. The Labute approximate surface area is 231 Å². The van der Waals surface area contributed by atoms with E-state index < -0.39 is 12.1 Å². The van der Waals surface area contributed by atoms with Crippen LogP contribution in [0.25, 0.3) is 10.9 Å². The summed E-state index contributed by atoms with van der Waals surface area (Å²) in [5.74, 6) is 0.190. The molecule has 0 saturated heterocycles. The zero-order valence-corrected chi connectivity index (χ0v) is 22.4. The van der Waals surface area contributed by atoms with Crippen molar-refractivity contribution in [2.45, 2.75) is 33.1 Å². The Hall–Kier alpha value is -4.99. The van der Waals surface area contributed by atoms with Crippen molar-refractivity contribution in [1.82, 2.24) is 9.97 Å². The van der Waals surface area contributed by atoms with E-state index in [9.17, 15) is 14.4 Å². The van der Waals surface area contributed by atoms with E-state index in [2.05, 4.69) is 9.97 Å². The Bertz CT molecular complexity index is 1530. The van der Waals surface area contributed by atoms with Gasteiger partial charge in [-0.25, -0.2) is 9.78 Å². The van der Waals surface area contributed by atoms with Gasteiger partial charge in [-0.2, -0.15) is 0 Å². The summed E-state index contributed by atoms with van der Waals surface area (Å²) in [6.45, 7) is 3.84. The molecule has 206 valence electrons. The molecule has 4 N–H and O–H groups in total. The number of ether oxygens (including phenoxy) is 2. The van der Waals surface area contributed by atoms with Crippen LogP contribution in [0.15, 0.2) is 66.9 Å². The topological polar surface area (TPSA) is 151 Å². The maximum atomic E-state index is 13.2. The number of carbonyl (C=O) groups is 3. The number of nitrogen functional groups attached to an aromatic ring is 1. The summed E-state index contributed by atoms with van der Waals surface area (Å²) in [6.07, 6.45) is 1.70. The summed E-state index contributed by atoms with van der Waals surface area (Å²) < 4.78 is 10.6. The number of amides is 1. The number of amidine groups is 1. The molecule has 0 spiro atoms. The number of esters is 1. The maximum absolute atomic E-state index is 13.2. The molecular weight excluding hydrogens is 510 g/mol. The number of rotatable bonds is 11. The first kappa shape index (κ1) is 28.0. The summed E-state index contributed by atoms with van der Waals surface area (Å²) in [6, 6.07) is 17.4. The van der Waals surface area contributed by atoms with Crippen molar-refractivity contribution < 1.29 is 23.9 Å². The van der Waals surface area contributed by atoms with Crippen molar-refractivity contribution >= 4 is 40.4 Å². The van der Waals surface area contributed by atoms with Crippen molar-refractivity contribution in [3.05, 3.63) is 89.2 Å². The third kappa shape index (κ3) is 6.71. The summed E-state index contributed by atoms with van der Waals surface area (Å²) >= 11 is 0. The molecule has 40 heavy (non-hydrogen) atoms. The Balaban J connectivity index is 1.47. The quantitative estimate of drug-likeness (QED) is 0.105. The molecule has 0 atom stereocenters. The fraction of sp³-hybridized carbons (Fsp3) is 0.233. The van der Waals surface area contributed by atoms with Crippen molar-refractivity contribution in [1.29, 1.82) is 5.41 Å². The first-order valence-electron chi connectivity index (χ1n) is 12.9. The molecule has 0 fully saturated rings. The third-order valence-corrected chi connectivity index (χ3v) is 6.34. The van der Waals surface area contributed by atoms with Gasteiger partial charge in [-0.15, -0.1) is 0 Å². The first-order valence-corrected chi connectivity index (χ1v) is 12.9. The predicted molar refractivity (Wildman–Crippen MR) is 152 cm³/mol. The molecule has 1 amide bonds. The molecular formula is C30H31N5O5. The number of aryl methyl sites for hydroxylation is 2. The van der Waals surface area contributed by atoms with E-state index in [0.717, 1.165) is 16.6 Å². The maximum Gasteiger partial charge on any atom is 0.420 e. The van der Waals surface area contributed by atoms with E-state index >= 15 is 0 Å². The molecule has 2 aromatic carbocycles. The van der Waals surface area contributed by atoms with Gasteiger partial charge in [0.05, 0.1) is 18.5 Å². The Morgan fingerprint density at radius 3 is 2.50 bits per heavy atom. The van der Waals surface area contributed by atoms with Crippen LogP contribution in [-0.4, -0.2) is 46.8 Å². The second-order valence-electron chi connectivity index (χ2n) is 9.13. The van der Waals surface area contributed by atoms with E-state index in [1.165, 1.54) is 4.90 Å². The van der Waals surface area contributed by atoms with Crippen molar-refractivity contribution in [2.75, 3.05) is 18.1 Å². The Morgan fingerprint density at radius 2 is 1.82 bits per heavy atom. The van der Waals surface area contributed by atoms with Gasteiger partial charge in [-0.05, 0) is 50.1 Å². The number of fused-ring (bicyclic) bond motifs is 1. The summed E-state index contributed by atoms with van der Waals surface area (Å²) in [5.41, 5.74) is 9.10. The highest BCUT2D eigenvalue weighted by Gasteiger charge is 2.22. The van der Waals surface area contributed by atoms with Crippen molar-refractivity contribution in [2.24, 2.45) is 5.73 Å². The van der Waals surface area contributed by atoms with Gasteiger partial charge in [-0.3, -0.25) is 19.9 Å². The highest BCUT2D eigenvalue weighted by Crippen LogP contribution is 2.28. The molecule has 0 aliphatic rings. The van der Waals surface area contributed by atoms with Gasteiger partial charge < -0.3 is 20.2 Å². The number of pyridine rings is 1. The number of ketones is 1. The standard InChI is InChI=1S/C30H31N5O5/c1-3-39-27(37)15-17-35(26-6-4-5-16-33-26)30(38)40-22-12-13-23-24(18-22)34-19(2)28(23)25(36)14-9-20-7-10-21(11-8-20)29(31)32/h4-8,10-13,16,18,34H,3,9,14-15,17H2,1-2H3,(H3,31,32). The van der Waals surface area contributed by atoms with Crippen molar-refractivity contribution in [3.8, 4) is 5.75 Å². The largest absolute Gasteiger partial charge is 0.466 e. The monoisotopic (exact) mass is 541 g/mol. The molecule has 2 aromatic heterocycles. The van der Waals surface area contributed by atoms with Gasteiger partial charge in [0.2, 0.25) is 0 Å². The van der Waals surface area contributed by atoms with Crippen LogP contribution in [-0.2, 0) is 16.0 Å². The number of anilines is 1. The summed E-state index contributed by atoms with van der Waals surface area (Å²) in [4.78, 5) is 46.9. The van der Waals surface area contributed by atoms with Crippen LogP contribution in [0.3, 0.4) is 0 Å². The SMILES string of the molecule is CCOC(=O)CCN(C(=O)Oc1ccc2c(C(=O)CCc3ccc(C(=N)N)cc3)c(C)[nH]c2c1)c1ccccn1. The van der Waals surface area contributed by atoms with Crippen LogP contribution in [0, 0.1) is 12.3 Å². The van der Waals surface area contributed by atoms with Gasteiger partial charge in [0, 0.05) is 47.4 Å². The summed E-state index contributed by atoms with van der Waals surface area (Å²) in [7, 11) is 0. The molecule has 4 rings (SSSR count). The number of hydrogen-bond donors (Lipinski definition) is 3. The molecule has 4 aromatic rings. The fourth-order valence-electron chi connectivity index (χ4n) is 4.37. The Kier molecular flexibility index (Phi) is 8.90. The van der Waals surface area contributed by atoms with Crippen LogP contribution in [0.5, 0.6) is 5.75 Å². The van der Waals surface area contributed by atoms with Crippen LogP contribution in [0.4, 0.5) is 10.6 Å². The number of hydrogen-bond acceptors (Lipinski definition) is 7. The van der Waals surface area contributed by atoms with Crippen LogP contribution in [0.2, 0.25) is 0 Å². The number of carbonyl (C=O) groups excluding carboxylic acids is 3. The average Bonchev–Trinajstić information content (AvgIpc) is 3.27. The number of H-pyrrole nitrogens is 1. The van der Waals surface area contributed by atoms with E-state index in [1.54, 1.807) is 61.7 Å². The van der Waals surface area contributed by atoms with Crippen LogP contribution < -0.4 is 15.4 Å². The molecule has 0 aliphatic heterocycles. The average molecular weight is 542 g/mol. The summed E-state index contributed by atoms with van der Waals surface area (Å²) in [5, 5.41) is 8.24. The number of nitrogens with zero attached hydrogens (tertiary/aromatic N) is 2. The van der Waals surface area contributed by atoms with E-state index in [0.29, 0.717) is 35.3 Å². The molecule has 0 radical (unpaired) electrons. The van der Waals surface area contributed by atoms with Gasteiger partial charge in [0.25, 0.3) is 0 Å². The minimum absolute atomic E-state index is 0.00297. The normalized spacial score (nSPS) is 10.8. The van der Waals surface area contributed by atoms with Crippen LogP contribution in [0.1, 0.15) is 46.9 Å². The number of aromatic nitrogens is 2. The number of nitrogens with two attached hydrogens (primary N) is 1. The number of benzene rings is 2. The molecule has 0 aliphatic carbocycles. The van der Waals surface area contributed by atoms with Gasteiger partial charge in [0.1, 0.15) is 17.4 Å². The van der Waals surface area contributed by atoms with Crippen molar-refractivity contribution in [3.63, 3.8) is 0 Å². The van der Waals surface area contributed by atoms with Gasteiger partial charge >= 0.3 is 12.1 Å². The zero-order valence-electron chi connectivity index (χ0n) is 22.4. The number of aromatic amines is 1. The zero-order chi connectivity index (χ0) is 28.6. The van der Waals surface area contributed by atoms with Crippen LogP contribution >= 0.6 is 0 Å². The first-order chi connectivity index (χ1) is 19.3. The highest BCUT2D eigenvalue weighted by atomic mass is 16.6. The number of Topliss-reactive ketones (excluding diaryl/α,β-unsaturated/α-hetero) is 1. The molecule has 0 bridgehead atoms. The lowest BCUT2D eigenvalue weighted by atomic mass is 9.99. The highest BCUT2D eigenvalue weighted by molar-refractivity contribution is 6.09. The molecule has 10 heteroatoms. The molecule has 0 saturated carbocycles. The van der Waals surface area contributed by atoms with E-state index in [-0.39, 0.29) is 36.9 Å². The smallest absolute Gasteiger partial charge is 0.420 e. The van der Waals surface area contributed by atoms with E-state index in [4.69, 9.17) is 20.6 Å². The fourth-order valence-corrected chi connectivity index (χ4v) is 4.37. The molecule has 10 nitrogen and oxygen atoms in total. The van der Waals surface area contributed by atoms with Gasteiger partial charge in [-0.1, -0.05) is 30.3 Å². The predicted octanol–water partition coefficient (Wildman–Crippen LogP) is 4.93. The second kappa shape index (κ2) is 12.7. The number of nitrogens with one attached hydrogen (secondary N) is 2. The minimum Gasteiger partial charge on any atom is -0.466 e. The third-order valence-electron chi connectivity index (χ3n) is 6.34. The molecule has 0 unspecified atom stereocenters. The second-order valence-corrected chi connectivity index (χ2v) is 9.13. The van der Waals surface area contributed by atoms with E-state index in [1.807, 2.05) is 19.1 Å².